The van der Waals surface area contributed by atoms with E-state index in [1.54, 1.807) is 24.3 Å². The maximum atomic E-state index is 14.0. The first-order chi connectivity index (χ1) is 9.82. The van der Waals surface area contributed by atoms with Crippen molar-refractivity contribution in [3.63, 3.8) is 0 Å². The second-order valence-electron chi connectivity index (χ2n) is 4.97. The van der Waals surface area contributed by atoms with Gasteiger partial charge in [-0.15, -0.1) is 0 Å². The highest BCUT2D eigenvalue weighted by atomic mass is 32.2. The molecule has 0 aliphatic heterocycles. The maximum Gasteiger partial charge on any atom is 0.175 e. The number of hydrazine groups is 1. The highest BCUT2D eigenvalue weighted by Gasteiger charge is 2.17. The molecule has 112 valence electrons. The first-order valence-electron chi connectivity index (χ1n) is 6.35. The second-order valence-corrected chi connectivity index (χ2v) is 6.98. The smallest absolute Gasteiger partial charge is 0.175 e. The van der Waals surface area contributed by atoms with Gasteiger partial charge in [-0.05, 0) is 30.7 Å². The zero-order valence-corrected chi connectivity index (χ0v) is 12.6. The summed E-state index contributed by atoms with van der Waals surface area (Å²) >= 11 is 0. The fourth-order valence-electron chi connectivity index (χ4n) is 2.16. The minimum Gasteiger partial charge on any atom is -0.271 e. The maximum absolute atomic E-state index is 14.0. The molecular weight excluding hydrogens is 291 g/mol. The molecule has 0 aromatic heterocycles. The van der Waals surface area contributed by atoms with E-state index in [0.29, 0.717) is 11.1 Å². The summed E-state index contributed by atoms with van der Waals surface area (Å²) in [4.78, 5) is 0.215. The third kappa shape index (κ3) is 3.47. The van der Waals surface area contributed by atoms with Gasteiger partial charge in [0.1, 0.15) is 5.82 Å². The van der Waals surface area contributed by atoms with Crippen molar-refractivity contribution in [1.29, 1.82) is 0 Å². The zero-order chi connectivity index (χ0) is 15.6. The third-order valence-electron chi connectivity index (χ3n) is 3.27. The largest absolute Gasteiger partial charge is 0.271 e. The average Bonchev–Trinajstić information content (AvgIpc) is 2.43. The Morgan fingerprint density at radius 3 is 2.29 bits per heavy atom. The first kappa shape index (κ1) is 15.6. The van der Waals surface area contributed by atoms with E-state index in [2.05, 4.69) is 5.43 Å². The first-order valence-corrected chi connectivity index (χ1v) is 8.24. The number of nitrogens with one attached hydrogen (secondary N) is 1. The van der Waals surface area contributed by atoms with Crippen LogP contribution < -0.4 is 11.3 Å². The van der Waals surface area contributed by atoms with Crippen molar-refractivity contribution < 1.29 is 12.8 Å². The van der Waals surface area contributed by atoms with Crippen LogP contribution in [0.3, 0.4) is 0 Å². The minimum absolute atomic E-state index is 0.215. The molecule has 0 saturated carbocycles. The van der Waals surface area contributed by atoms with Crippen molar-refractivity contribution in [1.82, 2.24) is 5.43 Å². The molecule has 0 aliphatic carbocycles. The lowest BCUT2D eigenvalue weighted by Gasteiger charge is -2.18. The van der Waals surface area contributed by atoms with Crippen LogP contribution in [0.1, 0.15) is 22.7 Å². The molecule has 3 N–H and O–H groups in total. The topological polar surface area (TPSA) is 72.2 Å². The van der Waals surface area contributed by atoms with Crippen molar-refractivity contribution in [3.05, 3.63) is 65.0 Å². The quantitative estimate of drug-likeness (QED) is 0.670. The van der Waals surface area contributed by atoms with Gasteiger partial charge in [-0.2, -0.15) is 0 Å². The van der Waals surface area contributed by atoms with Gasteiger partial charge in [0.2, 0.25) is 0 Å². The van der Waals surface area contributed by atoms with Crippen molar-refractivity contribution in [3.8, 4) is 0 Å². The fraction of sp³-hybridized carbons (Fsp3) is 0.200. The molecule has 6 heteroatoms. The monoisotopic (exact) mass is 308 g/mol. The summed E-state index contributed by atoms with van der Waals surface area (Å²) < 4.78 is 36.9. The van der Waals surface area contributed by atoms with Gasteiger partial charge in [-0.25, -0.2) is 18.2 Å². The highest BCUT2D eigenvalue weighted by molar-refractivity contribution is 7.90. The predicted octanol–water partition coefficient (Wildman–Crippen LogP) is 2.09. The van der Waals surface area contributed by atoms with Gasteiger partial charge in [0.15, 0.2) is 9.84 Å². The van der Waals surface area contributed by atoms with Crippen LogP contribution in [-0.4, -0.2) is 14.7 Å². The predicted molar refractivity (Wildman–Crippen MR) is 79.9 cm³/mol. The number of rotatable bonds is 4. The van der Waals surface area contributed by atoms with E-state index in [9.17, 15) is 12.8 Å². The van der Waals surface area contributed by atoms with Gasteiger partial charge in [-0.3, -0.25) is 5.84 Å². The summed E-state index contributed by atoms with van der Waals surface area (Å²) in [5.74, 6) is 5.18. The molecule has 0 heterocycles. The Bertz CT molecular complexity index is 743. The number of nitrogens with two attached hydrogens (primary N) is 1. The minimum atomic E-state index is -3.26. The number of aryl methyl sites for hydroxylation is 1. The summed E-state index contributed by atoms with van der Waals surface area (Å²) in [5.41, 5.74) is 4.60. The molecule has 0 radical (unpaired) electrons. The fourth-order valence-corrected chi connectivity index (χ4v) is 2.79. The second kappa shape index (κ2) is 5.93. The van der Waals surface area contributed by atoms with E-state index in [0.717, 1.165) is 11.8 Å². The zero-order valence-electron chi connectivity index (χ0n) is 11.8. The van der Waals surface area contributed by atoms with Gasteiger partial charge in [-0.1, -0.05) is 29.8 Å². The van der Waals surface area contributed by atoms with Gasteiger partial charge >= 0.3 is 0 Å². The number of benzene rings is 2. The van der Waals surface area contributed by atoms with Crippen molar-refractivity contribution >= 4 is 9.84 Å². The highest BCUT2D eigenvalue weighted by Crippen LogP contribution is 2.25. The lowest BCUT2D eigenvalue weighted by molar-refractivity contribution is 0.559. The van der Waals surface area contributed by atoms with Crippen LogP contribution in [-0.2, 0) is 9.84 Å². The van der Waals surface area contributed by atoms with E-state index in [1.165, 1.54) is 18.2 Å². The summed E-state index contributed by atoms with van der Waals surface area (Å²) in [6, 6.07) is 10.5. The van der Waals surface area contributed by atoms with Gasteiger partial charge in [0.05, 0.1) is 10.9 Å². The number of halogens is 1. The molecule has 0 fully saturated rings. The molecule has 1 atom stereocenters. The molecule has 21 heavy (non-hydrogen) atoms. The molecule has 0 bridgehead atoms. The molecule has 0 spiro atoms. The number of hydrogen-bond donors (Lipinski definition) is 2. The van der Waals surface area contributed by atoms with E-state index < -0.39 is 15.9 Å². The van der Waals surface area contributed by atoms with Crippen molar-refractivity contribution in [2.75, 3.05) is 6.26 Å². The average molecular weight is 308 g/mol. The molecule has 4 nitrogen and oxygen atoms in total. The van der Waals surface area contributed by atoms with E-state index >= 15 is 0 Å². The number of sulfone groups is 1. The Morgan fingerprint density at radius 1 is 1.14 bits per heavy atom. The van der Waals surface area contributed by atoms with E-state index in [4.69, 9.17) is 5.84 Å². The van der Waals surface area contributed by atoms with Gasteiger partial charge in [0.25, 0.3) is 0 Å². The summed E-state index contributed by atoms with van der Waals surface area (Å²) in [7, 11) is -3.26. The molecule has 0 aliphatic rings. The molecule has 0 amide bonds. The Hall–Kier alpha value is -1.76. The van der Waals surface area contributed by atoms with Crippen molar-refractivity contribution in [2.24, 2.45) is 5.84 Å². The third-order valence-corrected chi connectivity index (χ3v) is 4.40. The van der Waals surface area contributed by atoms with Gasteiger partial charge < -0.3 is 0 Å². The Labute approximate surface area is 123 Å². The molecule has 1 unspecified atom stereocenters. The Kier molecular flexibility index (Phi) is 4.41. The van der Waals surface area contributed by atoms with Crippen LogP contribution in [0, 0.1) is 12.7 Å². The lowest BCUT2D eigenvalue weighted by atomic mass is 9.97. The molecular formula is C15H17FN2O2S. The molecule has 2 aromatic rings. The van der Waals surface area contributed by atoms with Crippen LogP contribution in [0.2, 0.25) is 0 Å². The standard InChI is InChI=1S/C15H17FN2O2S/c1-10-3-8-14(16)13(9-10)15(18-17)11-4-6-12(7-5-11)21(2,19)20/h3-9,15,18H,17H2,1-2H3. The van der Waals surface area contributed by atoms with E-state index in [1.807, 2.05) is 6.92 Å². The van der Waals surface area contributed by atoms with E-state index in [-0.39, 0.29) is 10.7 Å². The van der Waals surface area contributed by atoms with Crippen molar-refractivity contribution in [2.45, 2.75) is 17.9 Å². The lowest BCUT2D eigenvalue weighted by Crippen LogP contribution is -2.29. The van der Waals surface area contributed by atoms with Crippen LogP contribution in [0.4, 0.5) is 4.39 Å². The Balaban J connectivity index is 2.44. The summed E-state index contributed by atoms with van der Waals surface area (Å²) in [5, 5.41) is 0. The summed E-state index contributed by atoms with van der Waals surface area (Å²) in [6.45, 7) is 1.86. The Morgan fingerprint density at radius 2 is 1.76 bits per heavy atom. The molecule has 0 saturated heterocycles. The van der Waals surface area contributed by atoms with Crippen LogP contribution >= 0.6 is 0 Å². The van der Waals surface area contributed by atoms with Crippen LogP contribution in [0.25, 0.3) is 0 Å². The summed E-state index contributed by atoms with van der Waals surface area (Å²) in [6.07, 6.45) is 1.14. The van der Waals surface area contributed by atoms with Crippen LogP contribution in [0.5, 0.6) is 0 Å². The normalized spacial score (nSPS) is 13.1. The molecule has 2 aromatic carbocycles. The van der Waals surface area contributed by atoms with Crippen LogP contribution in [0.15, 0.2) is 47.4 Å². The van der Waals surface area contributed by atoms with Gasteiger partial charge in [0, 0.05) is 11.8 Å². The SMILES string of the molecule is Cc1ccc(F)c(C(NN)c2ccc(S(C)(=O)=O)cc2)c1. The molecule has 2 rings (SSSR count). The number of hydrogen-bond acceptors (Lipinski definition) is 4.